The molecule has 2 aromatic carbocycles. The minimum Gasteiger partial charge on any atom is -0.354 e. The Bertz CT molecular complexity index is 2790. The highest BCUT2D eigenvalue weighted by molar-refractivity contribution is 6.06. The molecule has 4 aliphatic rings. The van der Waals surface area contributed by atoms with E-state index in [2.05, 4.69) is 98.0 Å². The highest BCUT2D eigenvalue weighted by Crippen LogP contribution is 2.29. The molecule has 2 aliphatic carbocycles. The second-order valence-electron chi connectivity index (χ2n) is 16.3. The Morgan fingerprint density at radius 2 is 1.10 bits per heavy atom. The van der Waals surface area contributed by atoms with E-state index in [0.29, 0.717) is 23.3 Å². The number of pyridine rings is 4. The molecule has 58 heavy (non-hydrogen) atoms. The SMILES string of the molecule is CN1CCN(c2ccc3cc(C(=O)NC4CC4)c4nc5ccccc5n4c3n2)CC1.CN1CCN(c2ccc3ccc4nc5ccccc5n4c3n2)CC1.NC1CC1. The average molecular weight is 775 g/mol. The van der Waals surface area contributed by atoms with Gasteiger partial charge in [-0.15, -0.1) is 0 Å². The van der Waals surface area contributed by atoms with Gasteiger partial charge in [-0.3, -0.25) is 13.6 Å². The Hall–Kier alpha value is -5.89. The molecular weight excluding hydrogens is 725 g/mol. The standard InChI is InChI=1S/C23H24N6O.C19H19N5.C3H7N/c1-27-10-12-28(13-11-27)20-9-6-15-14-17(23(30)24-16-7-8-16)22-25-18-4-2-3-5-19(18)29(22)21(15)26-20;1-22-10-12-23(13-11-22)17-8-6-14-7-9-18-20-15-4-2-3-5-16(15)24(18)19(14)21-17;4-3-1-2-3/h2-6,9,14,16H,7-8,10-13H2,1H3,(H,24,30);2-9H,10-13H2,1H3;3H,1-2,4H2. The lowest BCUT2D eigenvalue weighted by Gasteiger charge is -2.33. The molecule has 1 amide bonds. The molecular formula is C45H50N12O. The predicted molar refractivity (Wildman–Crippen MR) is 233 cm³/mol. The number of likely N-dealkylation sites (N-methyl/N-ethyl adjacent to an activating group) is 2. The van der Waals surface area contributed by atoms with Gasteiger partial charge in [0.2, 0.25) is 0 Å². The molecule has 2 saturated heterocycles. The van der Waals surface area contributed by atoms with Crippen LogP contribution in [0, 0.1) is 0 Å². The maximum atomic E-state index is 13.0. The number of fused-ring (bicyclic) bond motifs is 10. The first-order valence-corrected chi connectivity index (χ1v) is 20.7. The molecule has 12 rings (SSSR count). The Morgan fingerprint density at radius 3 is 1.69 bits per heavy atom. The zero-order valence-corrected chi connectivity index (χ0v) is 33.3. The van der Waals surface area contributed by atoms with E-state index in [1.165, 1.54) is 12.8 Å². The van der Waals surface area contributed by atoms with Crippen molar-refractivity contribution in [3.05, 3.63) is 96.6 Å². The monoisotopic (exact) mass is 774 g/mol. The number of imidazole rings is 2. The number of nitrogens with one attached hydrogen (secondary N) is 1. The zero-order chi connectivity index (χ0) is 39.3. The first kappa shape index (κ1) is 36.5. The van der Waals surface area contributed by atoms with Crippen molar-refractivity contribution in [3.8, 4) is 0 Å². The van der Waals surface area contributed by atoms with Gasteiger partial charge >= 0.3 is 0 Å². The van der Waals surface area contributed by atoms with Gasteiger partial charge in [0.25, 0.3) is 5.91 Å². The zero-order valence-electron chi connectivity index (χ0n) is 33.3. The molecule has 13 heteroatoms. The van der Waals surface area contributed by atoms with Crippen molar-refractivity contribution < 1.29 is 4.79 Å². The van der Waals surface area contributed by atoms with Crippen molar-refractivity contribution in [1.29, 1.82) is 0 Å². The minimum atomic E-state index is -0.0529. The third-order valence-corrected chi connectivity index (χ3v) is 11.7. The number of piperazine rings is 2. The molecule has 0 spiro atoms. The summed E-state index contributed by atoms with van der Waals surface area (Å²) in [7, 11) is 4.33. The fourth-order valence-corrected chi connectivity index (χ4v) is 7.86. The lowest BCUT2D eigenvalue weighted by Crippen LogP contribution is -2.44. The van der Waals surface area contributed by atoms with Crippen molar-refractivity contribution in [3.63, 3.8) is 0 Å². The van der Waals surface area contributed by atoms with Gasteiger partial charge in [-0.1, -0.05) is 24.3 Å². The molecule has 0 atom stereocenters. The summed E-state index contributed by atoms with van der Waals surface area (Å²) in [5, 5.41) is 5.20. The molecule has 13 nitrogen and oxygen atoms in total. The van der Waals surface area contributed by atoms with Crippen molar-refractivity contribution in [2.45, 2.75) is 37.8 Å². The van der Waals surface area contributed by atoms with Crippen LogP contribution in [0.4, 0.5) is 11.6 Å². The van der Waals surface area contributed by atoms with Gasteiger partial charge in [-0.2, -0.15) is 0 Å². The van der Waals surface area contributed by atoms with Crippen molar-refractivity contribution in [2.24, 2.45) is 5.73 Å². The van der Waals surface area contributed by atoms with Gasteiger partial charge in [0.05, 0.1) is 27.6 Å². The van der Waals surface area contributed by atoms with Crippen LogP contribution in [0.15, 0.2) is 91.0 Å². The van der Waals surface area contributed by atoms with E-state index in [1.807, 2.05) is 40.8 Å². The van der Waals surface area contributed by atoms with Crippen LogP contribution >= 0.6 is 0 Å². The van der Waals surface area contributed by atoms with Crippen LogP contribution < -0.4 is 20.9 Å². The summed E-state index contributed by atoms with van der Waals surface area (Å²) in [5.41, 5.74) is 13.3. The molecule has 0 unspecified atom stereocenters. The van der Waals surface area contributed by atoms with Gasteiger partial charge in [0, 0.05) is 75.2 Å². The Balaban J connectivity index is 0.000000131. The summed E-state index contributed by atoms with van der Waals surface area (Å²) in [6.45, 7) is 8.20. The number of carbonyl (C=O) groups excluding carboxylic acids is 1. The Labute approximate surface area is 337 Å². The molecule has 296 valence electrons. The van der Waals surface area contributed by atoms with E-state index in [1.54, 1.807) is 0 Å². The number of nitrogens with two attached hydrogens (primary N) is 1. The van der Waals surface area contributed by atoms with Crippen LogP contribution in [-0.4, -0.2) is 123 Å². The number of anilines is 2. The van der Waals surface area contributed by atoms with Gasteiger partial charge in [-0.25, -0.2) is 19.9 Å². The quantitative estimate of drug-likeness (QED) is 0.234. The molecule has 8 aromatic rings. The van der Waals surface area contributed by atoms with Crippen molar-refractivity contribution in [2.75, 3.05) is 76.3 Å². The Morgan fingerprint density at radius 1 is 0.586 bits per heavy atom. The fourth-order valence-electron chi connectivity index (χ4n) is 7.86. The van der Waals surface area contributed by atoms with E-state index < -0.39 is 0 Å². The number of nitrogens with zero attached hydrogens (tertiary/aromatic N) is 10. The largest absolute Gasteiger partial charge is 0.354 e. The van der Waals surface area contributed by atoms with E-state index in [9.17, 15) is 4.79 Å². The number of rotatable bonds is 4. The van der Waals surface area contributed by atoms with E-state index in [0.717, 1.165) is 127 Å². The lowest BCUT2D eigenvalue weighted by molar-refractivity contribution is 0.0952. The molecule has 8 heterocycles. The van der Waals surface area contributed by atoms with Crippen molar-refractivity contribution in [1.82, 2.24) is 43.9 Å². The summed E-state index contributed by atoms with van der Waals surface area (Å²) in [4.78, 5) is 42.0. The van der Waals surface area contributed by atoms with Crippen LogP contribution in [0.5, 0.6) is 0 Å². The summed E-state index contributed by atoms with van der Waals surface area (Å²) in [6, 6.07) is 31.7. The molecule has 0 bridgehead atoms. The average Bonchev–Trinajstić information content (AvgIpc) is 4.17. The second kappa shape index (κ2) is 15.1. The van der Waals surface area contributed by atoms with Gasteiger partial charge in [-0.05, 0) is 107 Å². The molecule has 0 radical (unpaired) electrons. The van der Waals surface area contributed by atoms with E-state index in [4.69, 9.17) is 25.7 Å². The number of amides is 1. The minimum absolute atomic E-state index is 0.0529. The lowest BCUT2D eigenvalue weighted by atomic mass is 10.1. The Kier molecular flexibility index (Phi) is 9.51. The smallest absolute Gasteiger partial charge is 0.255 e. The second-order valence-corrected chi connectivity index (χ2v) is 16.3. The van der Waals surface area contributed by atoms with E-state index in [-0.39, 0.29) is 5.91 Å². The van der Waals surface area contributed by atoms with Gasteiger partial charge in [0.1, 0.15) is 28.6 Å². The number of carbonyl (C=O) groups is 1. The summed E-state index contributed by atoms with van der Waals surface area (Å²) < 4.78 is 4.22. The highest BCUT2D eigenvalue weighted by atomic mass is 16.1. The van der Waals surface area contributed by atoms with Crippen LogP contribution in [0.2, 0.25) is 0 Å². The number of benzene rings is 2. The maximum Gasteiger partial charge on any atom is 0.255 e. The fraction of sp³-hybridized carbons (Fsp3) is 0.356. The number of hydrogen-bond donors (Lipinski definition) is 2. The van der Waals surface area contributed by atoms with Crippen LogP contribution in [0.1, 0.15) is 36.0 Å². The van der Waals surface area contributed by atoms with Crippen LogP contribution in [0.25, 0.3) is 55.4 Å². The number of para-hydroxylation sites is 4. The molecule has 4 fully saturated rings. The maximum absolute atomic E-state index is 13.0. The predicted octanol–water partition coefficient (Wildman–Crippen LogP) is 5.57. The van der Waals surface area contributed by atoms with Crippen LogP contribution in [-0.2, 0) is 0 Å². The summed E-state index contributed by atoms with van der Waals surface area (Å²) in [6.07, 6.45) is 4.64. The summed E-state index contributed by atoms with van der Waals surface area (Å²) >= 11 is 0. The number of aromatic nitrogens is 6. The van der Waals surface area contributed by atoms with Gasteiger partial charge < -0.3 is 30.7 Å². The topological polar surface area (TPSA) is 128 Å². The normalized spacial score (nSPS) is 17.8. The first-order chi connectivity index (χ1) is 28.4. The van der Waals surface area contributed by atoms with Crippen LogP contribution in [0.3, 0.4) is 0 Å². The van der Waals surface area contributed by atoms with E-state index >= 15 is 0 Å². The third-order valence-electron chi connectivity index (χ3n) is 11.7. The summed E-state index contributed by atoms with van der Waals surface area (Å²) in [5.74, 6) is 1.98. The first-order valence-electron chi connectivity index (χ1n) is 20.7. The van der Waals surface area contributed by atoms with Crippen molar-refractivity contribution >= 4 is 73.0 Å². The third kappa shape index (κ3) is 7.25. The highest BCUT2D eigenvalue weighted by Gasteiger charge is 2.27. The molecule has 2 saturated carbocycles. The number of hydrogen-bond acceptors (Lipinski definition) is 10. The molecule has 6 aromatic heterocycles. The molecule has 3 N–H and O–H groups in total. The molecule has 2 aliphatic heterocycles. The van der Waals surface area contributed by atoms with Gasteiger partial charge in [0.15, 0.2) is 5.65 Å².